The van der Waals surface area contributed by atoms with Gasteiger partial charge in [0.25, 0.3) is 0 Å². The third kappa shape index (κ3) is 5.07. The monoisotopic (exact) mass is 333 g/mol. The number of carbonyl (C=O) groups excluding carboxylic acids is 1. The van der Waals surface area contributed by atoms with Crippen LogP contribution in [0.5, 0.6) is 0 Å². The molecule has 1 aliphatic heterocycles. The zero-order valence-corrected chi connectivity index (χ0v) is 14.3. The van der Waals surface area contributed by atoms with Crippen molar-refractivity contribution in [3.63, 3.8) is 0 Å². The first-order valence-electron chi connectivity index (χ1n) is 7.46. The van der Waals surface area contributed by atoms with Crippen LogP contribution in [0, 0.1) is 5.92 Å². The van der Waals surface area contributed by atoms with E-state index in [1.807, 2.05) is 4.90 Å². The average molecular weight is 334 g/mol. The molecule has 0 N–H and O–H groups in total. The number of rotatable bonds is 6. The standard InChI is InChI=1S/C15H28BrNO2/c1-5-7-8-12(6-2)14(18)17-10-13(9-16)19-15(3,4)11-17/h12-13H,5-11H2,1-4H3. The predicted molar refractivity (Wildman–Crippen MR) is 82.6 cm³/mol. The summed E-state index contributed by atoms with van der Waals surface area (Å²) < 4.78 is 5.96. The maximum absolute atomic E-state index is 12.6. The Morgan fingerprint density at radius 3 is 2.68 bits per heavy atom. The molecule has 112 valence electrons. The van der Waals surface area contributed by atoms with E-state index in [0.717, 1.165) is 37.6 Å². The first kappa shape index (κ1) is 17.0. The van der Waals surface area contributed by atoms with Gasteiger partial charge in [-0.15, -0.1) is 0 Å². The van der Waals surface area contributed by atoms with Crippen LogP contribution >= 0.6 is 15.9 Å². The van der Waals surface area contributed by atoms with Crippen LogP contribution in [0.15, 0.2) is 0 Å². The van der Waals surface area contributed by atoms with E-state index >= 15 is 0 Å². The Kier molecular flexibility index (Phi) is 6.81. The number of amides is 1. The third-order valence-corrected chi connectivity index (χ3v) is 4.44. The number of hydrogen-bond acceptors (Lipinski definition) is 2. The Labute approximate surface area is 126 Å². The maximum atomic E-state index is 12.6. The molecule has 1 rings (SSSR count). The van der Waals surface area contributed by atoms with E-state index in [4.69, 9.17) is 4.74 Å². The molecule has 0 radical (unpaired) electrons. The van der Waals surface area contributed by atoms with Crippen molar-refractivity contribution < 1.29 is 9.53 Å². The largest absolute Gasteiger partial charge is 0.368 e. The number of ether oxygens (including phenoxy) is 1. The second kappa shape index (κ2) is 7.63. The summed E-state index contributed by atoms with van der Waals surface area (Å²) in [6.07, 6.45) is 4.36. The van der Waals surface area contributed by atoms with Crippen LogP contribution in [-0.2, 0) is 9.53 Å². The minimum absolute atomic E-state index is 0.108. The van der Waals surface area contributed by atoms with Gasteiger partial charge in [-0.3, -0.25) is 4.79 Å². The quantitative estimate of drug-likeness (QED) is 0.695. The highest BCUT2D eigenvalue weighted by atomic mass is 79.9. The molecule has 2 atom stereocenters. The highest BCUT2D eigenvalue weighted by Crippen LogP contribution is 2.25. The van der Waals surface area contributed by atoms with Crippen molar-refractivity contribution in [3.8, 4) is 0 Å². The smallest absolute Gasteiger partial charge is 0.225 e. The fraction of sp³-hybridized carbons (Fsp3) is 0.933. The van der Waals surface area contributed by atoms with Crippen LogP contribution in [0.25, 0.3) is 0 Å². The summed E-state index contributed by atoms with van der Waals surface area (Å²) in [4.78, 5) is 14.7. The topological polar surface area (TPSA) is 29.5 Å². The molecule has 1 saturated heterocycles. The van der Waals surface area contributed by atoms with Gasteiger partial charge in [0.2, 0.25) is 5.91 Å². The van der Waals surface area contributed by atoms with Crippen molar-refractivity contribution in [2.45, 2.75) is 65.1 Å². The molecule has 1 amide bonds. The van der Waals surface area contributed by atoms with Gasteiger partial charge in [0.15, 0.2) is 0 Å². The summed E-state index contributed by atoms with van der Waals surface area (Å²) in [5.74, 6) is 0.503. The lowest BCUT2D eigenvalue weighted by Crippen LogP contribution is -2.56. The van der Waals surface area contributed by atoms with E-state index in [-0.39, 0.29) is 17.6 Å². The lowest BCUT2D eigenvalue weighted by molar-refractivity contribution is -0.161. The molecule has 2 unspecified atom stereocenters. The molecule has 3 nitrogen and oxygen atoms in total. The summed E-state index contributed by atoms with van der Waals surface area (Å²) in [5, 5.41) is 0.784. The molecular weight excluding hydrogens is 306 g/mol. The summed E-state index contributed by atoms with van der Waals surface area (Å²) in [5.41, 5.74) is -0.241. The molecule has 1 heterocycles. The number of halogens is 1. The number of unbranched alkanes of at least 4 members (excludes halogenated alkanes) is 1. The zero-order valence-electron chi connectivity index (χ0n) is 12.7. The van der Waals surface area contributed by atoms with Gasteiger partial charge in [0, 0.05) is 24.3 Å². The van der Waals surface area contributed by atoms with Gasteiger partial charge in [-0.05, 0) is 26.7 Å². The summed E-state index contributed by atoms with van der Waals surface area (Å²) >= 11 is 3.47. The van der Waals surface area contributed by atoms with Crippen LogP contribution in [0.1, 0.15) is 53.4 Å². The summed E-state index contributed by atoms with van der Waals surface area (Å²) in [7, 11) is 0. The van der Waals surface area contributed by atoms with Crippen LogP contribution in [0.2, 0.25) is 0 Å². The molecular formula is C15H28BrNO2. The molecule has 0 aromatic heterocycles. The van der Waals surface area contributed by atoms with Crippen molar-refractivity contribution in [3.05, 3.63) is 0 Å². The molecule has 0 aliphatic carbocycles. The predicted octanol–water partition coefficient (Wildman–Crippen LogP) is 3.60. The second-order valence-electron chi connectivity index (χ2n) is 6.12. The van der Waals surface area contributed by atoms with Crippen molar-refractivity contribution in [1.29, 1.82) is 0 Å². The van der Waals surface area contributed by atoms with Crippen molar-refractivity contribution in [1.82, 2.24) is 4.90 Å². The minimum atomic E-state index is -0.241. The molecule has 1 fully saturated rings. The van der Waals surface area contributed by atoms with E-state index in [0.29, 0.717) is 12.5 Å². The number of nitrogens with zero attached hydrogens (tertiary/aromatic N) is 1. The Morgan fingerprint density at radius 1 is 1.47 bits per heavy atom. The van der Waals surface area contributed by atoms with Crippen LogP contribution in [0.4, 0.5) is 0 Å². The van der Waals surface area contributed by atoms with Gasteiger partial charge in [-0.25, -0.2) is 0 Å². The zero-order chi connectivity index (χ0) is 14.5. The number of alkyl halides is 1. The van der Waals surface area contributed by atoms with Crippen molar-refractivity contribution in [2.24, 2.45) is 5.92 Å². The minimum Gasteiger partial charge on any atom is -0.368 e. The number of hydrogen-bond donors (Lipinski definition) is 0. The first-order chi connectivity index (χ1) is 8.93. The van der Waals surface area contributed by atoms with Gasteiger partial charge in [-0.1, -0.05) is 42.6 Å². The van der Waals surface area contributed by atoms with Crippen LogP contribution in [0.3, 0.4) is 0 Å². The molecule has 1 aliphatic rings. The molecule has 0 aromatic rings. The van der Waals surface area contributed by atoms with E-state index < -0.39 is 0 Å². The average Bonchev–Trinajstić information content (AvgIpc) is 2.37. The highest BCUT2D eigenvalue weighted by Gasteiger charge is 2.36. The molecule has 0 bridgehead atoms. The lowest BCUT2D eigenvalue weighted by atomic mass is 9.96. The highest BCUT2D eigenvalue weighted by molar-refractivity contribution is 9.09. The molecule has 0 spiro atoms. The van der Waals surface area contributed by atoms with Crippen LogP contribution < -0.4 is 0 Å². The molecule has 0 aromatic carbocycles. The molecule has 0 saturated carbocycles. The fourth-order valence-electron chi connectivity index (χ4n) is 2.75. The Balaban J connectivity index is 2.68. The fourth-order valence-corrected chi connectivity index (χ4v) is 3.09. The lowest BCUT2D eigenvalue weighted by Gasteiger charge is -2.43. The third-order valence-electron chi connectivity index (χ3n) is 3.71. The van der Waals surface area contributed by atoms with Gasteiger partial charge < -0.3 is 9.64 Å². The van der Waals surface area contributed by atoms with Gasteiger partial charge >= 0.3 is 0 Å². The first-order valence-corrected chi connectivity index (χ1v) is 8.58. The SMILES string of the molecule is CCCCC(CC)C(=O)N1CC(CBr)OC(C)(C)C1. The number of carbonyl (C=O) groups is 1. The van der Waals surface area contributed by atoms with Gasteiger partial charge in [0.05, 0.1) is 11.7 Å². The van der Waals surface area contributed by atoms with Crippen molar-refractivity contribution >= 4 is 21.8 Å². The Morgan fingerprint density at radius 2 is 2.16 bits per heavy atom. The summed E-state index contributed by atoms with van der Waals surface area (Å²) in [6.45, 7) is 9.85. The molecule has 19 heavy (non-hydrogen) atoms. The van der Waals surface area contributed by atoms with E-state index in [1.54, 1.807) is 0 Å². The van der Waals surface area contributed by atoms with E-state index in [2.05, 4.69) is 43.6 Å². The molecule has 4 heteroatoms. The van der Waals surface area contributed by atoms with E-state index in [9.17, 15) is 4.79 Å². The van der Waals surface area contributed by atoms with Crippen LogP contribution in [-0.4, -0.2) is 40.9 Å². The number of morpholine rings is 1. The normalized spacial score (nSPS) is 24.3. The second-order valence-corrected chi connectivity index (χ2v) is 6.77. The summed E-state index contributed by atoms with van der Waals surface area (Å²) in [6, 6.07) is 0. The van der Waals surface area contributed by atoms with Crippen molar-refractivity contribution in [2.75, 3.05) is 18.4 Å². The van der Waals surface area contributed by atoms with E-state index in [1.165, 1.54) is 0 Å². The van der Waals surface area contributed by atoms with Gasteiger partial charge in [-0.2, -0.15) is 0 Å². The Hall–Kier alpha value is -0.0900. The van der Waals surface area contributed by atoms with Gasteiger partial charge in [0.1, 0.15) is 0 Å². The Bertz CT molecular complexity index is 294. The maximum Gasteiger partial charge on any atom is 0.225 e.